The van der Waals surface area contributed by atoms with Crippen molar-refractivity contribution in [3.63, 3.8) is 0 Å². The van der Waals surface area contributed by atoms with Gasteiger partial charge >= 0.3 is 0 Å². The van der Waals surface area contributed by atoms with Gasteiger partial charge in [-0.05, 0) is 32.6 Å². The molecule has 2 rings (SSSR count). The third kappa shape index (κ3) is 1.61. The predicted molar refractivity (Wildman–Crippen MR) is 52.3 cm³/mol. The highest BCUT2D eigenvalue weighted by atomic mass is 15.3. The van der Waals surface area contributed by atoms with Gasteiger partial charge in [0.25, 0.3) is 0 Å². The summed E-state index contributed by atoms with van der Waals surface area (Å²) in [6.07, 6.45) is 4.81. The molecule has 0 spiro atoms. The second-order valence-electron chi connectivity index (χ2n) is 4.00. The molecule has 0 radical (unpaired) electrons. The number of nitrogens with two attached hydrogens (primary N) is 1. The van der Waals surface area contributed by atoms with Gasteiger partial charge in [0.05, 0.1) is 11.7 Å². The van der Waals surface area contributed by atoms with Crippen molar-refractivity contribution in [3.05, 3.63) is 17.5 Å². The summed E-state index contributed by atoms with van der Waals surface area (Å²) in [5, 5.41) is 4.48. The van der Waals surface area contributed by atoms with E-state index in [1.165, 1.54) is 18.4 Å². The molecule has 3 heteroatoms. The first-order valence-corrected chi connectivity index (χ1v) is 4.97. The topological polar surface area (TPSA) is 43.8 Å². The molecular formula is C10H17N3. The van der Waals surface area contributed by atoms with Crippen LogP contribution in [-0.2, 0) is 6.54 Å². The molecule has 1 aromatic heterocycles. The van der Waals surface area contributed by atoms with E-state index in [1.54, 1.807) is 0 Å². The smallest absolute Gasteiger partial charge is 0.0638 e. The lowest BCUT2D eigenvalue weighted by molar-refractivity contribution is 0.438. The van der Waals surface area contributed by atoms with Crippen LogP contribution in [-0.4, -0.2) is 9.78 Å². The van der Waals surface area contributed by atoms with Gasteiger partial charge in [-0.3, -0.25) is 4.68 Å². The second-order valence-corrected chi connectivity index (χ2v) is 4.00. The Hall–Kier alpha value is -0.830. The Balaban J connectivity index is 2.19. The number of nitrogens with zero attached hydrogens (tertiary/aromatic N) is 2. The summed E-state index contributed by atoms with van der Waals surface area (Å²) in [7, 11) is 0. The Morgan fingerprint density at radius 2 is 2.38 bits per heavy atom. The zero-order chi connectivity index (χ0) is 9.42. The number of aromatic nitrogens is 2. The number of aryl methyl sites for hydroxylation is 1. The molecular weight excluding hydrogens is 162 g/mol. The molecule has 2 N–H and O–H groups in total. The summed E-state index contributed by atoms with van der Waals surface area (Å²) in [6.45, 7) is 4.87. The maximum Gasteiger partial charge on any atom is 0.0638 e. The molecule has 0 amide bonds. The van der Waals surface area contributed by atoms with E-state index in [9.17, 15) is 0 Å². The van der Waals surface area contributed by atoms with E-state index < -0.39 is 0 Å². The van der Waals surface area contributed by atoms with E-state index in [0.29, 0.717) is 12.6 Å². The van der Waals surface area contributed by atoms with Crippen molar-refractivity contribution in [1.82, 2.24) is 9.78 Å². The maximum absolute atomic E-state index is 5.60. The third-order valence-corrected chi connectivity index (χ3v) is 2.96. The van der Waals surface area contributed by atoms with Gasteiger partial charge in [0, 0.05) is 18.3 Å². The Labute approximate surface area is 78.9 Å². The normalized spacial score (nSPS) is 19.0. The zero-order valence-electron chi connectivity index (χ0n) is 8.33. The lowest BCUT2D eigenvalue weighted by atomic mass is 10.2. The van der Waals surface area contributed by atoms with Gasteiger partial charge in [-0.25, -0.2) is 0 Å². The van der Waals surface area contributed by atoms with Crippen LogP contribution in [0.15, 0.2) is 6.20 Å². The molecule has 1 aliphatic carbocycles. The van der Waals surface area contributed by atoms with E-state index in [2.05, 4.69) is 22.9 Å². The Kier molecular flexibility index (Phi) is 2.12. The number of rotatable bonds is 3. The summed E-state index contributed by atoms with van der Waals surface area (Å²) in [6, 6.07) is 0.555. The van der Waals surface area contributed by atoms with Crippen molar-refractivity contribution in [2.45, 2.75) is 39.3 Å². The van der Waals surface area contributed by atoms with Gasteiger partial charge in [-0.1, -0.05) is 0 Å². The van der Waals surface area contributed by atoms with Crippen molar-refractivity contribution < 1.29 is 0 Å². The fourth-order valence-corrected chi connectivity index (χ4v) is 1.72. The average Bonchev–Trinajstić information content (AvgIpc) is 2.89. The first-order chi connectivity index (χ1) is 6.22. The Morgan fingerprint density at radius 1 is 1.69 bits per heavy atom. The van der Waals surface area contributed by atoms with Gasteiger partial charge in [-0.2, -0.15) is 5.10 Å². The van der Waals surface area contributed by atoms with E-state index in [1.807, 2.05) is 6.92 Å². The maximum atomic E-state index is 5.60. The molecule has 1 aromatic rings. The SMILES string of the molecule is Cc1nn(C(C)C2CC2)cc1CN. The minimum atomic E-state index is 0.555. The van der Waals surface area contributed by atoms with Gasteiger partial charge in [-0.15, -0.1) is 0 Å². The van der Waals surface area contributed by atoms with Crippen LogP contribution in [0.4, 0.5) is 0 Å². The summed E-state index contributed by atoms with van der Waals surface area (Å²) in [5.41, 5.74) is 7.85. The van der Waals surface area contributed by atoms with Crippen LogP contribution in [0.25, 0.3) is 0 Å². The third-order valence-electron chi connectivity index (χ3n) is 2.96. The molecule has 1 atom stereocenters. The van der Waals surface area contributed by atoms with Crippen LogP contribution in [0.2, 0.25) is 0 Å². The number of hydrogen-bond acceptors (Lipinski definition) is 2. The van der Waals surface area contributed by atoms with Crippen LogP contribution in [0.3, 0.4) is 0 Å². The van der Waals surface area contributed by atoms with Crippen molar-refractivity contribution in [2.75, 3.05) is 0 Å². The molecule has 13 heavy (non-hydrogen) atoms. The van der Waals surface area contributed by atoms with Crippen LogP contribution in [0.5, 0.6) is 0 Å². The fraction of sp³-hybridized carbons (Fsp3) is 0.700. The lowest BCUT2D eigenvalue weighted by Crippen LogP contribution is -2.07. The van der Waals surface area contributed by atoms with E-state index in [4.69, 9.17) is 5.73 Å². The summed E-state index contributed by atoms with van der Waals surface area (Å²) in [5.74, 6) is 0.852. The molecule has 0 saturated heterocycles. The molecule has 1 unspecified atom stereocenters. The molecule has 0 bridgehead atoms. The monoisotopic (exact) mass is 179 g/mol. The van der Waals surface area contributed by atoms with Crippen molar-refractivity contribution >= 4 is 0 Å². The van der Waals surface area contributed by atoms with Gasteiger partial charge in [0.2, 0.25) is 0 Å². The van der Waals surface area contributed by atoms with Gasteiger partial charge < -0.3 is 5.73 Å². The molecule has 0 aromatic carbocycles. The molecule has 0 aliphatic heterocycles. The van der Waals surface area contributed by atoms with Crippen molar-refractivity contribution in [3.8, 4) is 0 Å². The molecule has 1 heterocycles. The summed E-state index contributed by atoms with van der Waals surface area (Å²) >= 11 is 0. The van der Waals surface area contributed by atoms with Crippen molar-refractivity contribution in [1.29, 1.82) is 0 Å². The summed E-state index contributed by atoms with van der Waals surface area (Å²) in [4.78, 5) is 0. The molecule has 1 aliphatic rings. The van der Waals surface area contributed by atoms with E-state index >= 15 is 0 Å². The highest BCUT2D eigenvalue weighted by Crippen LogP contribution is 2.39. The van der Waals surface area contributed by atoms with Gasteiger partial charge in [0.1, 0.15) is 0 Å². The van der Waals surface area contributed by atoms with Crippen LogP contribution in [0, 0.1) is 12.8 Å². The average molecular weight is 179 g/mol. The predicted octanol–water partition coefficient (Wildman–Crippen LogP) is 1.62. The standard InChI is InChI=1S/C10H17N3/c1-7-10(5-11)6-13(12-7)8(2)9-3-4-9/h6,8-9H,3-5,11H2,1-2H3. The first-order valence-electron chi connectivity index (χ1n) is 4.97. The van der Waals surface area contributed by atoms with Crippen LogP contribution in [0.1, 0.15) is 37.1 Å². The molecule has 1 saturated carbocycles. The van der Waals surface area contributed by atoms with Crippen LogP contribution < -0.4 is 5.73 Å². The molecule has 3 nitrogen and oxygen atoms in total. The van der Waals surface area contributed by atoms with E-state index in [0.717, 1.165) is 11.6 Å². The molecule has 72 valence electrons. The summed E-state index contributed by atoms with van der Waals surface area (Å²) < 4.78 is 2.08. The van der Waals surface area contributed by atoms with Gasteiger partial charge in [0.15, 0.2) is 0 Å². The number of hydrogen-bond donors (Lipinski definition) is 1. The van der Waals surface area contributed by atoms with Crippen LogP contribution >= 0.6 is 0 Å². The lowest BCUT2D eigenvalue weighted by Gasteiger charge is -2.09. The molecule has 1 fully saturated rings. The minimum absolute atomic E-state index is 0.555. The quantitative estimate of drug-likeness (QED) is 0.766. The fourth-order valence-electron chi connectivity index (χ4n) is 1.72. The second kappa shape index (κ2) is 3.14. The first kappa shape index (κ1) is 8.75. The highest BCUT2D eigenvalue weighted by Gasteiger charge is 2.29. The van der Waals surface area contributed by atoms with E-state index in [-0.39, 0.29) is 0 Å². The zero-order valence-corrected chi connectivity index (χ0v) is 8.33. The Bertz CT molecular complexity index is 299. The minimum Gasteiger partial charge on any atom is -0.326 e. The largest absolute Gasteiger partial charge is 0.326 e. The highest BCUT2D eigenvalue weighted by molar-refractivity contribution is 5.15. The Morgan fingerprint density at radius 3 is 2.85 bits per heavy atom. The van der Waals surface area contributed by atoms with Crippen molar-refractivity contribution in [2.24, 2.45) is 11.7 Å².